The second kappa shape index (κ2) is 3.94. The van der Waals surface area contributed by atoms with Crippen molar-refractivity contribution in [1.82, 2.24) is 9.36 Å². The fourth-order valence-electron chi connectivity index (χ4n) is 1.08. The highest BCUT2D eigenvalue weighted by Crippen LogP contribution is 2.25. The summed E-state index contributed by atoms with van der Waals surface area (Å²) in [5, 5.41) is 1.08. The fraction of sp³-hybridized carbons (Fsp3) is 0.111. The number of halogens is 1. The van der Waals surface area contributed by atoms with Crippen molar-refractivity contribution in [3.63, 3.8) is 0 Å². The minimum absolute atomic E-state index is 0.285. The summed E-state index contributed by atoms with van der Waals surface area (Å²) >= 11 is 6.91. The average molecular weight is 227 g/mol. The van der Waals surface area contributed by atoms with Gasteiger partial charge in [-0.3, -0.25) is 0 Å². The highest BCUT2D eigenvalue weighted by atomic mass is 35.5. The topological polar surface area (TPSA) is 35.0 Å². The lowest BCUT2D eigenvalue weighted by Gasteiger charge is -2.00. The van der Waals surface area contributed by atoms with E-state index < -0.39 is 0 Å². The van der Waals surface area contributed by atoms with Crippen LogP contribution in [0, 0.1) is 0 Å². The van der Waals surface area contributed by atoms with E-state index in [9.17, 15) is 0 Å². The SMILES string of the molecule is COc1cccc(-c2nc(Cl)ns2)c1. The predicted molar refractivity (Wildman–Crippen MR) is 56.9 cm³/mol. The summed E-state index contributed by atoms with van der Waals surface area (Å²) in [6.45, 7) is 0. The van der Waals surface area contributed by atoms with Gasteiger partial charge in [-0.2, -0.15) is 4.37 Å². The van der Waals surface area contributed by atoms with Crippen LogP contribution in [0.3, 0.4) is 0 Å². The molecule has 0 unspecified atom stereocenters. The van der Waals surface area contributed by atoms with Gasteiger partial charge in [-0.15, -0.1) is 0 Å². The molecule has 2 aromatic rings. The van der Waals surface area contributed by atoms with Crippen LogP contribution in [0.25, 0.3) is 10.6 Å². The van der Waals surface area contributed by atoms with Gasteiger partial charge < -0.3 is 4.74 Å². The Kier molecular flexibility index (Phi) is 2.65. The molecular weight excluding hydrogens is 220 g/mol. The van der Waals surface area contributed by atoms with Gasteiger partial charge in [-0.05, 0) is 35.3 Å². The van der Waals surface area contributed by atoms with Crippen LogP contribution in [-0.2, 0) is 0 Å². The molecular formula is C9H7ClN2OS. The van der Waals surface area contributed by atoms with Gasteiger partial charge in [0.25, 0.3) is 0 Å². The Morgan fingerprint density at radius 3 is 2.93 bits per heavy atom. The number of hydrogen-bond acceptors (Lipinski definition) is 4. The lowest BCUT2D eigenvalue weighted by Crippen LogP contribution is -1.82. The van der Waals surface area contributed by atoms with Gasteiger partial charge in [0.2, 0.25) is 5.28 Å². The Labute approximate surface area is 90.5 Å². The molecule has 3 nitrogen and oxygen atoms in total. The maximum atomic E-state index is 5.64. The first-order valence-electron chi connectivity index (χ1n) is 3.93. The molecule has 0 fully saturated rings. The quantitative estimate of drug-likeness (QED) is 0.790. The molecule has 0 bridgehead atoms. The molecule has 0 saturated heterocycles. The summed E-state index contributed by atoms with van der Waals surface area (Å²) in [6.07, 6.45) is 0. The number of benzene rings is 1. The number of methoxy groups -OCH3 is 1. The highest BCUT2D eigenvalue weighted by molar-refractivity contribution is 7.09. The molecule has 0 aliphatic rings. The zero-order valence-electron chi connectivity index (χ0n) is 7.40. The smallest absolute Gasteiger partial charge is 0.234 e. The van der Waals surface area contributed by atoms with Gasteiger partial charge in [0.1, 0.15) is 10.8 Å². The first-order valence-corrected chi connectivity index (χ1v) is 5.08. The van der Waals surface area contributed by atoms with Crippen LogP contribution < -0.4 is 4.74 Å². The Morgan fingerprint density at radius 1 is 1.43 bits per heavy atom. The number of ether oxygens (including phenoxy) is 1. The zero-order valence-corrected chi connectivity index (χ0v) is 8.97. The molecule has 0 atom stereocenters. The van der Waals surface area contributed by atoms with Crippen LogP contribution >= 0.6 is 23.1 Å². The summed E-state index contributed by atoms with van der Waals surface area (Å²) < 4.78 is 9.01. The maximum absolute atomic E-state index is 5.64. The van der Waals surface area contributed by atoms with E-state index in [1.165, 1.54) is 11.5 Å². The van der Waals surface area contributed by atoms with Gasteiger partial charge in [0.15, 0.2) is 0 Å². The molecule has 0 N–H and O–H groups in total. The largest absolute Gasteiger partial charge is 0.497 e. The number of aromatic nitrogens is 2. The molecule has 0 aliphatic heterocycles. The molecule has 5 heteroatoms. The third-order valence-corrected chi connectivity index (χ3v) is 2.75. The van der Waals surface area contributed by atoms with Crippen molar-refractivity contribution in [3.05, 3.63) is 29.5 Å². The highest BCUT2D eigenvalue weighted by Gasteiger charge is 2.05. The monoisotopic (exact) mass is 226 g/mol. The minimum Gasteiger partial charge on any atom is -0.497 e. The van der Waals surface area contributed by atoms with Crippen LogP contribution in [0.1, 0.15) is 0 Å². The second-order valence-corrected chi connectivity index (χ2v) is 3.69. The molecule has 0 radical (unpaired) electrons. The summed E-state index contributed by atoms with van der Waals surface area (Å²) in [4.78, 5) is 4.07. The van der Waals surface area contributed by atoms with E-state index in [1.54, 1.807) is 7.11 Å². The van der Waals surface area contributed by atoms with E-state index >= 15 is 0 Å². The average Bonchev–Trinajstić information content (AvgIpc) is 2.65. The molecule has 1 aromatic heterocycles. The molecule has 0 saturated carbocycles. The van der Waals surface area contributed by atoms with Crippen LogP contribution in [0.5, 0.6) is 5.75 Å². The standard InChI is InChI=1S/C9H7ClN2OS/c1-13-7-4-2-3-6(5-7)8-11-9(10)12-14-8/h2-5H,1H3. The summed E-state index contributed by atoms with van der Waals surface area (Å²) in [6, 6.07) is 7.63. The molecule has 0 amide bonds. The fourth-order valence-corrected chi connectivity index (χ4v) is 1.88. The molecule has 1 aromatic carbocycles. The third kappa shape index (κ3) is 1.86. The van der Waals surface area contributed by atoms with Crippen molar-refractivity contribution in [3.8, 4) is 16.3 Å². The van der Waals surface area contributed by atoms with E-state index in [-0.39, 0.29) is 5.28 Å². The van der Waals surface area contributed by atoms with Crippen molar-refractivity contribution >= 4 is 23.1 Å². The predicted octanol–water partition coefficient (Wildman–Crippen LogP) is 2.87. The van der Waals surface area contributed by atoms with E-state index in [1.807, 2.05) is 24.3 Å². The Hall–Kier alpha value is -1.13. The van der Waals surface area contributed by atoms with Crippen LogP contribution in [-0.4, -0.2) is 16.5 Å². The number of hydrogen-bond donors (Lipinski definition) is 0. The van der Waals surface area contributed by atoms with Crippen molar-refractivity contribution in [1.29, 1.82) is 0 Å². The van der Waals surface area contributed by atoms with Crippen molar-refractivity contribution < 1.29 is 4.74 Å². The lowest BCUT2D eigenvalue weighted by molar-refractivity contribution is 0.415. The van der Waals surface area contributed by atoms with Crippen molar-refractivity contribution in [2.75, 3.05) is 7.11 Å². The molecule has 14 heavy (non-hydrogen) atoms. The number of nitrogens with zero attached hydrogens (tertiary/aromatic N) is 2. The molecule has 0 spiro atoms. The zero-order chi connectivity index (χ0) is 9.97. The lowest BCUT2D eigenvalue weighted by atomic mass is 10.2. The van der Waals surface area contributed by atoms with Gasteiger partial charge >= 0.3 is 0 Å². The molecule has 0 aliphatic carbocycles. The van der Waals surface area contributed by atoms with Crippen molar-refractivity contribution in [2.45, 2.75) is 0 Å². The molecule has 72 valence electrons. The maximum Gasteiger partial charge on any atom is 0.234 e. The van der Waals surface area contributed by atoms with Crippen LogP contribution in [0.2, 0.25) is 5.28 Å². The summed E-state index contributed by atoms with van der Waals surface area (Å²) in [5.74, 6) is 0.800. The Balaban J connectivity index is 2.41. The van der Waals surface area contributed by atoms with Gasteiger partial charge in [-0.25, -0.2) is 4.98 Å². The summed E-state index contributed by atoms with van der Waals surface area (Å²) in [7, 11) is 1.63. The Morgan fingerprint density at radius 2 is 2.29 bits per heavy atom. The van der Waals surface area contributed by atoms with Gasteiger partial charge in [0, 0.05) is 5.56 Å². The first kappa shape index (κ1) is 9.43. The van der Waals surface area contributed by atoms with Gasteiger partial charge in [0.05, 0.1) is 7.11 Å². The minimum atomic E-state index is 0.285. The normalized spacial score (nSPS) is 10.1. The second-order valence-electron chi connectivity index (χ2n) is 2.60. The van der Waals surface area contributed by atoms with Gasteiger partial charge in [-0.1, -0.05) is 12.1 Å². The molecule has 2 rings (SSSR count). The number of rotatable bonds is 2. The molecule has 1 heterocycles. The van der Waals surface area contributed by atoms with E-state index in [4.69, 9.17) is 16.3 Å². The third-order valence-electron chi connectivity index (χ3n) is 1.72. The Bertz CT molecular complexity index is 444. The van der Waals surface area contributed by atoms with E-state index in [0.29, 0.717) is 0 Å². The van der Waals surface area contributed by atoms with Crippen LogP contribution in [0.4, 0.5) is 0 Å². The van der Waals surface area contributed by atoms with E-state index in [0.717, 1.165) is 16.3 Å². The van der Waals surface area contributed by atoms with E-state index in [2.05, 4.69) is 9.36 Å². The van der Waals surface area contributed by atoms with Crippen molar-refractivity contribution in [2.24, 2.45) is 0 Å². The first-order chi connectivity index (χ1) is 6.79. The van der Waals surface area contributed by atoms with Crippen LogP contribution in [0.15, 0.2) is 24.3 Å². The summed E-state index contributed by atoms with van der Waals surface area (Å²) in [5.41, 5.74) is 0.966.